The smallest absolute Gasteiger partial charge is 0.126 e. The van der Waals surface area contributed by atoms with Gasteiger partial charge in [-0.2, -0.15) is 16.9 Å². The molecule has 0 radical (unpaired) electrons. The molecule has 1 fully saturated rings. The van der Waals surface area contributed by atoms with Crippen molar-refractivity contribution in [2.24, 2.45) is 0 Å². The van der Waals surface area contributed by atoms with E-state index in [9.17, 15) is 0 Å². The lowest BCUT2D eigenvalue weighted by atomic mass is 10.2. The molecule has 0 aromatic carbocycles. The monoisotopic (exact) mass is 195 g/mol. The summed E-state index contributed by atoms with van der Waals surface area (Å²) in [6, 6.07) is 0.621. The van der Waals surface area contributed by atoms with Crippen LogP contribution in [0, 0.1) is 0 Å². The van der Waals surface area contributed by atoms with Gasteiger partial charge in [0.1, 0.15) is 5.82 Å². The molecule has 0 saturated heterocycles. The van der Waals surface area contributed by atoms with Gasteiger partial charge in [-0.1, -0.05) is 0 Å². The van der Waals surface area contributed by atoms with Gasteiger partial charge in [-0.3, -0.25) is 0 Å². The van der Waals surface area contributed by atoms with E-state index in [0.717, 1.165) is 18.0 Å². The Bertz CT molecular complexity index is 341. The lowest BCUT2D eigenvalue weighted by Gasteiger charge is -2.08. The van der Waals surface area contributed by atoms with Crippen molar-refractivity contribution in [3.05, 3.63) is 11.3 Å². The molecule has 1 aliphatic heterocycles. The second-order valence-corrected chi connectivity index (χ2v) is 4.89. The first kappa shape index (κ1) is 7.74. The van der Waals surface area contributed by atoms with E-state index < -0.39 is 0 Å². The number of anilines is 1. The number of thioether (sulfide) groups is 1. The molecule has 2 aliphatic rings. The van der Waals surface area contributed by atoms with Gasteiger partial charge in [0.15, 0.2) is 0 Å². The van der Waals surface area contributed by atoms with Crippen molar-refractivity contribution in [3.63, 3.8) is 0 Å². The summed E-state index contributed by atoms with van der Waals surface area (Å²) in [5.41, 5.74) is 8.61. The topological polar surface area (TPSA) is 43.8 Å². The maximum absolute atomic E-state index is 6.05. The van der Waals surface area contributed by atoms with Crippen molar-refractivity contribution >= 4 is 17.6 Å². The van der Waals surface area contributed by atoms with Crippen LogP contribution in [0.25, 0.3) is 0 Å². The summed E-state index contributed by atoms with van der Waals surface area (Å²) < 4.78 is 2.05. The molecule has 0 spiro atoms. The van der Waals surface area contributed by atoms with Crippen LogP contribution >= 0.6 is 11.8 Å². The van der Waals surface area contributed by atoms with Crippen LogP contribution in [0.1, 0.15) is 30.1 Å². The van der Waals surface area contributed by atoms with Crippen molar-refractivity contribution in [2.45, 2.75) is 31.1 Å². The third kappa shape index (κ3) is 1.15. The summed E-state index contributed by atoms with van der Waals surface area (Å²) in [6.07, 6.45) is 3.62. The average molecular weight is 195 g/mol. The van der Waals surface area contributed by atoms with Crippen molar-refractivity contribution in [1.82, 2.24) is 9.78 Å². The summed E-state index contributed by atoms with van der Waals surface area (Å²) in [4.78, 5) is 0. The first-order chi connectivity index (χ1) is 6.36. The van der Waals surface area contributed by atoms with Gasteiger partial charge in [0.05, 0.1) is 11.7 Å². The second kappa shape index (κ2) is 2.67. The fourth-order valence-electron chi connectivity index (χ4n) is 1.83. The number of aryl methyl sites for hydroxylation is 1. The van der Waals surface area contributed by atoms with Gasteiger partial charge in [-0.15, -0.1) is 0 Å². The highest BCUT2D eigenvalue weighted by atomic mass is 32.2. The van der Waals surface area contributed by atoms with Gasteiger partial charge in [0, 0.05) is 17.7 Å². The molecule has 2 N–H and O–H groups in total. The van der Waals surface area contributed by atoms with Crippen LogP contribution in [0.2, 0.25) is 0 Å². The van der Waals surface area contributed by atoms with Gasteiger partial charge in [0.2, 0.25) is 0 Å². The zero-order valence-corrected chi connectivity index (χ0v) is 8.31. The molecule has 1 saturated carbocycles. The Kier molecular flexibility index (Phi) is 1.59. The van der Waals surface area contributed by atoms with Crippen molar-refractivity contribution in [1.29, 1.82) is 0 Å². The normalized spacial score (nSPS) is 21.5. The van der Waals surface area contributed by atoms with Crippen LogP contribution in [0.4, 0.5) is 5.82 Å². The van der Waals surface area contributed by atoms with Gasteiger partial charge < -0.3 is 5.73 Å². The summed E-state index contributed by atoms with van der Waals surface area (Å²) in [5.74, 6) is 3.20. The standard InChI is InChI=1S/C9H13N3S/c10-9-7-5-13-4-3-8(7)11-12(9)6-1-2-6/h6H,1-5,10H2. The highest BCUT2D eigenvalue weighted by molar-refractivity contribution is 7.98. The molecule has 1 aromatic heterocycles. The maximum atomic E-state index is 6.05. The Morgan fingerprint density at radius 3 is 3.00 bits per heavy atom. The minimum absolute atomic E-state index is 0.621. The van der Waals surface area contributed by atoms with Crippen LogP contribution in [-0.2, 0) is 12.2 Å². The number of nitrogen functional groups attached to an aromatic ring is 1. The SMILES string of the molecule is Nc1c2c(nn1C1CC1)CCSC2. The molecule has 13 heavy (non-hydrogen) atoms. The highest BCUT2D eigenvalue weighted by Crippen LogP contribution is 2.39. The van der Waals surface area contributed by atoms with Crippen molar-refractivity contribution in [2.75, 3.05) is 11.5 Å². The van der Waals surface area contributed by atoms with Gasteiger partial charge in [-0.05, 0) is 18.6 Å². The van der Waals surface area contributed by atoms with E-state index in [0.29, 0.717) is 6.04 Å². The number of hydrogen-bond acceptors (Lipinski definition) is 3. The third-order valence-electron chi connectivity index (χ3n) is 2.76. The zero-order valence-electron chi connectivity index (χ0n) is 7.49. The largest absolute Gasteiger partial charge is 0.384 e. The summed E-state index contributed by atoms with van der Waals surface area (Å²) >= 11 is 1.96. The van der Waals surface area contributed by atoms with Crippen molar-refractivity contribution in [3.8, 4) is 0 Å². The first-order valence-corrected chi connectivity index (χ1v) is 5.95. The van der Waals surface area contributed by atoms with E-state index in [2.05, 4.69) is 9.78 Å². The molecule has 3 nitrogen and oxygen atoms in total. The molecule has 1 aromatic rings. The molecular formula is C9H13N3S. The van der Waals surface area contributed by atoms with Crippen LogP contribution in [0.5, 0.6) is 0 Å². The second-order valence-electron chi connectivity index (χ2n) is 3.79. The molecule has 0 atom stereocenters. The maximum Gasteiger partial charge on any atom is 0.126 e. The molecule has 1 aliphatic carbocycles. The molecule has 70 valence electrons. The Balaban J connectivity index is 2.06. The number of aromatic nitrogens is 2. The zero-order chi connectivity index (χ0) is 8.84. The quantitative estimate of drug-likeness (QED) is 0.740. The van der Waals surface area contributed by atoms with E-state index in [-0.39, 0.29) is 0 Å². The predicted octanol–water partition coefficient (Wildman–Crippen LogP) is 1.59. The van der Waals surface area contributed by atoms with E-state index in [1.54, 1.807) is 0 Å². The minimum Gasteiger partial charge on any atom is -0.384 e. The number of rotatable bonds is 1. The van der Waals surface area contributed by atoms with Gasteiger partial charge in [-0.25, -0.2) is 4.68 Å². The van der Waals surface area contributed by atoms with Crippen LogP contribution in [-0.4, -0.2) is 15.5 Å². The van der Waals surface area contributed by atoms with Crippen LogP contribution in [0.15, 0.2) is 0 Å². The number of nitrogens with zero attached hydrogens (tertiary/aromatic N) is 2. The Hall–Kier alpha value is -0.640. The number of hydrogen-bond donors (Lipinski definition) is 1. The number of fused-ring (bicyclic) bond motifs is 1. The fraction of sp³-hybridized carbons (Fsp3) is 0.667. The van der Waals surface area contributed by atoms with Crippen LogP contribution < -0.4 is 5.73 Å². The molecular weight excluding hydrogens is 182 g/mol. The Morgan fingerprint density at radius 2 is 2.31 bits per heavy atom. The summed E-state index contributed by atoms with van der Waals surface area (Å²) in [6.45, 7) is 0. The predicted molar refractivity (Wildman–Crippen MR) is 54.8 cm³/mol. The summed E-state index contributed by atoms with van der Waals surface area (Å²) in [7, 11) is 0. The molecule has 3 rings (SSSR count). The van der Waals surface area contributed by atoms with E-state index in [1.165, 1.54) is 29.9 Å². The molecule has 2 heterocycles. The minimum atomic E-state index is 0.621. The highest BCUT2D eigenvalue weighted by Gasteiger charge is 2.29. The molecule has 0 unspecified atom stereocenters. The molecule has 0 bridgehead atoms. The first-order valence-electron chi connectivity index (χ1n) is 4.80. The van der Waals surface area contributed by atoms with E-state index >= 15 is 0 Å². The lowest BCUT2D eigenvalue weighted by Crippen LogP contribution is -2.03. The lowest BCUT2D eigenvalue weighted by molar-refractivity contribution is 0.641. The van der Waals surface area contributed by atoms with Gasteiger partial charge in [0.25, 0.3) is 0 Å². The Morgan fingerprint density at radius 1 is 1.46 bits per heavy atom. The molecule has 4 heteroatoms. The third-order valence-corrected chi connectivity index (χ3v) is 3.74. The van der Waals surface area contributed by atoms with Crippen molar-refractivity contribution < 1.29 is 0 Å². The number of nitrogens with two attached hydrogens (primary N) is 1. The van der Waals surface area contributed by atoms with E-state index in [4.69, 9.17) is 5.73 Å². The Labute approximate surface area is 81.7 Å². The fourth-order valence-corrected chi connectivity index (χ4v) is 2.83. The van der Waals surface area contributed by atoms with Gasteiger partial charge >= 0.3 is 0 Å². The van der Waals surface area contributed by atoms with Crippen LogP contribution in [0.3, 0.4) is 0 Å². The summed E-state index contributed by atoms with van der Waals surface area (Å²) in [5, 5.41) is 4.59. The average Bonchev–Trinajstić information content (AvgIpc) is 2.94. The van der Waals surface area contributed by atoms with E-state index in [1.807, 2.05) is 11.8 Å². The molecule has 0 amide bonds.